The molecule has 0 aromatic heterocycles. The van der Waals surface area contributed by atoms with Crippen LogP contribution in [0, 0.1) is 11.3 Å². The van der Waals surface area contributed by atoms with Crippen LogP contribution < -0.4 is 5.32 Å². The van der Waals surface area contributed by atoms with Gasteiger partial charge in [0.2, 0.25) is 0 Å². The molecule has 108 valence electrons. The molecular weight excluding hydrogens is 273 g/mol. The molecule has 1 unspecified atom stereocenters. The first-order valence-corrected chi connectivity index (χ1v) is 5.85. The smallest absolute Gasteiger partial charge is 0.475 e. The number of halogens is 3. The number of alkyl halides is 3. The van der Waals surface area contributed by atoms with E-state index in [2.05, 4.69) is 23.5 Å². The fraction of sp³-hybridized carbons (Fsp3) is 0.385. The Morgan fingerprint density at radius 2 is 1.90 bits per heavy atom. The average Bonchev–Trinajstić information content (AvgIpc) is 2.92. The van der Waals surface area contributed by atoms with Gasteiger partial charge in [-0.2, -0.15) is 18.4 Å². The Bertz CT molecular complexity index is 486. The summed E-state index contributed by atoms with van der Waals surface area (Å²) in [5.41, 5.74) is 2.10. The van der Waals surface area contributed by atoms with Gasteiger partial charge in [0.1, 0.15) is 0 Å². The molecule has 1 aliphatic rings. The fourth-order valence-electron chi connectivity index (χ4n) is 1.77. The summed E-state index contributed by atoms with van der Waals surface area (Å²) in [5.74, 6) is -2.11. The molecule has 0 bridgehead atoms. The Morgan fingerprint density at radius 3 is 2.25 bits per heavy atom. The van der Waals surface area contributed by atoms with E-state index >= 15 is 0 Å². The van der Waals surface area contributed by atoms with E-state index in [0.29, 0.717) is 5.92 Å². The molecule has 0 aliphatic carbocycles. The molecule has 1 saturated heterocycles. The molecule has 2 N–H and O–H groups in total. The highest BCUT2D eigenvalue weighted by Crippen LogP contribution is 2.22. The van der Waals surface area contributed by atoms with E-state index in [1.54, 1.807) is 0 Å². The molecular formula is C13H13F3N2O2. The lowest BCUT2D eigenvalue weighted by atomic mass is 9.98. The Morgan fingerprint density at radius 1 is 1.35 bits per heavy atom. The van der Waals surface area contributed by atoms with Crippen molar-refractivity contribution in [1.29, 1.82) is 5.26 Å². The monoisotopic (exact) mass is 286 g/mol. The van der Waals surface area contributed by atoms with Crippen LogP contribution in [-0.2, 0) is 4.79 Å². The van der Waals surface area contributed by atoms with Gasteiger partial charge in [0.25, 0.3) is 0 Å². The molecule has 7 heteroatoms. The van der Waals surface area contributed by atoms with E-state index in [1.165, 1.54) is 12.0 Å². The number of nitriles is 1. The zero-order chi connectivity index (χ0) is 15.2. The third kappa shape index (κ3) is 4.90. The molecule has 1 atom stereocenters. The number of rotatable bonds is 1. The van der Waals surface area contributed by atoms with Gasteiger partial charge in [-0.3, -0.25) is 0 Å². The van der Waals surface area contributed by atoms with Crippen molar-refractivity contribution >= 4 is 5.97 Å². The topological polar surface area (TPSA) is 73.1 Å². The summed E-state index contributed by atoms with van der Waals surface area (Å²) < 4.78 is 31.7. The predicted octanol–water partition coefficient (Wildman–Crippen LogP) is 2.27. The second kappa shape index (κ2) is 6.91. The normalized spacial score (nSPS) is 17.8. The van der Waals surface area contributed by atoms with Crippen molar-refractivity contribution in [3.8, 4) is 6.07 Å². The van der Waals surface area contributed by atoms with Crippen molar-refractivity contribution in [1.82, 2.24) is 5.32 Å². The van der Waals surface area contributed by atoms with E-state index in [-0.39, 0.29) is 0 Å². The maximum atomic E-state index is 10.6. The first kappa shape index (κ1) is 16.0. The van der Waals surface area contributed by atoms with Crippen LogP contribution in [0.3, 0.4) is 0 Å². The summed E-state index contributed by atoms with van der Waals surface area (Å²) in [6.07, 6.45) is -3.87. The highest BCUT2D eigenvalue weighted by molar-refractivity contribution is 5.73. The minimum atomic E-state index is -5.08. The maximum absolute atomic E-state index is 10.6. The molecule has 4 nitrogen and oxygen atoms in total. The van der Waals surface area contributed by atoms with Crippen LogP contribution in [-0.4, -0.2) is 30.3 Å². The maximum Gasteiger partial charge on any atom is 0.490 e. The molecule has 2 rings (SSSR count). The lowest BCUT2D eigenvalue weighted by Gasteiger charge is -2.07. The first-order valence-electron chi connectivity index (χ1n) is 5.85. The van der Waals surface area contributed by atoms with Gasteiger partial charge in [-0.1, -0.05) is 12.1 Å². The van der Waals surface area contributed by atoms with Gasteiger partial charge < -0.3 is 10.4 Å². The third-order valence-corrected chi connectivity index (χ3v) is 2.81. The number of benzene rings is 1. The van der Waals surface area contributed by atoms with Gasteiger partial charge in [-0.05, 0) is 36.6 Å². The van der Waals surface area contributed by atoms with Gasteiger partial charge in [0.15, 0.2) is 0 Å². The SMILES string of the molecule is N#Cc1ccc(C2CCNC2)cc1.O=C(O)C(F)(F)F. The molecule has 1 heterocycles. The Balaban J connectivity index is 0.000000246. The summed E-state index contributed by atoms with van der Waals surface area (Å²) in [4.78, 5) is 8.90. The molecule has 0 spiro atoms. The Kier molecular flexibility index (Phi) is 5.53. The van der Waals surface area contributed by atoms with Crippen molar-refractivity contribution < 1.29 is 23.1 Å². The summed E-state index contributed by atoms with van der Waals surface area (Å²) >= 11 is 0. The van der Waals surface area contributed by atoms with Crippen LogP contribution in [0.25, 0.3) is 0 Å². The Hall–Kier alpha value is -2.07. The van der Waals surface area contributed by atoms with Gasteiger partial charge in [-0.15, -0.1) is 0 Å². The molecule has 1 aliphatic heterocycles. The van der Waals surface area contributed by atoms with E-state index in [1.807, 2.05) is 12.1 Å². The zero-order valence-corrected chi connectivity index (χ0v) is 10.4. The molecule has 1 aromatic rings. The quantitative estimate of drug-likeness (QED) is 0.830. The second-order valence-corrected chi connectivity index (χ2v) is 4.23. The standard InChI is InChI=1S/C11H12N2.C2HF3O2/c12-7-9-1-3-10(4-2-9)11-5-6-13-8-11;3-2(4,5)1(6)7/h1-4,11,13H,5-6,8H2;(H,6,7). The van der Waals surface area contributed by atoms with Crippen molar-refractivity contribution in [2.75, 3.05) is 13.1 Å². The van der Waals surface area contributed by atoms with Gasteiger partial charge >= 0.3 is 12.1 Å². The third-order valence-electron chi connectivity index (χ3n) is 2.81. The molecule has 0 radical (unpaired) electrons. The fourth-order valence-corrected chi connectivity index (χ4v) is 1.77. The number of carboxylic acids is 1. The number of hydrogen-bond donors (Lipinski definition) is 2. The lowest BCUT2D eigenvalue weighted by molar-refractivity contribution is -0.192. The predicted molar refractivity (Wildman–Crippen MR) is 65.1 cm³/mol. The van der Waals surface area contributed by atoms with Crippen LogP contribution in [0.4, 0.5) is 13.2 Å². The van der Waals surface area contributed by atoms with Crippen LogP contribution >= 0.6 is 0 Å². The minimum absolute atomic E-state index is 0.646. The van der Waals surface area contributed by atoms with Gasteiger partial charge in [-0.25, -0.2) is 4.79 Å². The number of nitrogens with zero attached hydrogens (tertiary/aromatic N) is 1. The van der Waals surface area contributed by atoms with Crippen molar-refractivity contribution in [2.24, 2.45) is 0 Å². The first-order chi connectivity index (χ1) is 9.34. The molecule has 1 aromatic carbocycles. The van der Waals surface area contributed by atoms with Crippen molar-refractivity contribution in [3.63, 3.8) is 0 Å². The van der Waals surface area contributed by atoms with Crippen LogP contribution in [0.2, 0.25) is 0 Å². The van der Waals surface area contributed by atoms with Crippen LogP contribution in [0.15, 0.2) is 24.3 Å². The lowest BCUT2D eigenvalue weighted by Crippen LogP contribution is -2.21. The van der Waals surface area contributed by atoms with E-state index in [9.17, 15) is 13.2 Å². The van der Waals surface area contributed by atoms with E-state index in [0.717, 1.165) is 18.7 Å². The van der Waals surface area contributed by atoms with Crippen LogP contribution in [0.5, 0.6) is 0 Å². The number of nitrogens with one attached hydrogen (secondary N) is 1. The second-order valence-electron chi connectivity index (χ2n) is 4.23. The zero-order valence-electron chi connectivity index (χ0n) is 10.4. The number of aliphatic carboxylic acids is 1. The number of carboxylic acid groups (broad SMARTS) is 1. The highest BCUT2D eigenvalue weighted by atomic mass is 19.4. The summed E-state index contributed by atoms with van der Waals surface area (Å²) in [6.45, 7) is 2.19. The van der Waals surface area contributed by atoms with Crippen LogP contribution in [0.1, 0.15) is 23.5 Å². The largest absolute Gasteiger partial charge is 0.490 e. The van der Waals surface area contributed by atoms with Crippen molar-refractivity contribution in [3.05, 3.63) is 35.4 Å². The molecule has 1 fully saturated rings. The summed E-state index contributed by atoms with van der Waals surface area (Å²) in [5, 5.41) is 19.1. The van der Waals surface area contributed by atoms with E-state index in [4.69, 9.17) is 15.2 Å². The Labute approximate surface area is 113 Å². The summed E-state index contributed by atoms with van der Waals surface area (Å²) in [6, 6.07) is 10.1. The van der Waals surface area contributed by atoms with Crippen molar-refractivity contribution in [2.45, 2.75) is 18.5 Å². The van der Waals surface area contributed by atoms with Gasteiger partial charge in [0, 0.05) is 6.54 Å². The number of hydrogen-bond acceptors (Lipinski definition) is 3. The van der Waals surface area contributed by atoms with E-state index < -0.39 is 12.1 Å². The molecule has 0 amide bonds. The number of carbonyl (C=O) groups is 1. The molecule has 0 saturated carbocycles. The van der Waals surface area contributed by atoms with Gasteiger partial charge in [0.05, 0.1) is 11.6 Å². The summed E-state index contributed by atoms with van der Waals surface area (Å²) in [7, 11) is 0. The highest BCUT2D eigenvalue weighted by Gasteiger charge is 2.38. The minimum Gasteiger partial charge on any atom is -0.475 e. The molecule has 20 heavy (non-hydrogen) atoms. The average molecular weight is 286 g/mol.